The smallest absolute Gasteiger partial charge is 0.131 e. The summed E-state index contributed by atoms with van der Waals surface area (Å²) >= 11 is 0. The SMILES string of the molecule is CC(=NO)c1ccc(F)cc1OCCc1ccccn1. The third-order valence-corrected chi connectivity index (χ3v) is 2.83. The van der Waals surface area contributed by atoms with Crippen molar-refractivity contribution >= 4 is 5.71 Å². The van der Waals surface area contributed by atoms with Crippen molar-refractivity contribution in [1.82, 2.24) is 4.98 Å². The fourth-order valence-electron chi connectivity index (χ4n) is 1.78. The molecule has 2 aromatic rings. The van der Waals surface area contributed by atoms with E-state index in [0.29, 0.717) is 30.1 Å². The summed E-state index contributed by atoms with van der Waals surface area (Å²) in [5.41, 5.74) is 1.84. The number of nitrogens with zero attached hydrogens (tertiary/aromatic N) is 2. The van der Waals surface area contributed by atoms with Gasteiger partial charge in [-0.15, -0.1) is 0 Å². The Hall–Kier alpha value is -2.43. The van der Waals surface area contributed by atoms with Crippen molar-refractivity contribution in [1.29, 1.82) is 0 Å². The van der Waals surface area contributed by atoms with E-state index in [2.05, 4.69) is 10.1 Å². The Bertz CT molecular complexity index is 600. The van der Waals surface area contributed by atoms with Gasteiger partial charge in [0.2, 0.25) is 0 Å². The van der Waals surface area contributed by atoms with Crippen LogP contribution in [0.3, 0.4) is 0 Å². The Labute approximate surface area is 116 Å². The van der Waals surface area contributed by atoms with Gasteiger partial charge in [0.05, 0.1) is 12.3 Å². The van der Waals surface area contributed by atoms with Crippen LogP contribution in [0.5, 0.6) is 5.75 Å². The maximum absolute atomic E-state index is 13.3. The molecule has 0 amide bonds. The maximum Gasteiger partial charge on any atom is 0.131 e. The standard InChI is InChI=1S/C15H15FN2O2/c1-11(18-19)14-6-5-12(16)10-15(14)20-9-7-13-4-2-3-8-17-13/h2-6,8,10,19H,7,9H2,1H3. The first-order chi connectivity index (χ1) is 9.70. The van der Waals surface area contributed by atoms with Crippen LogP contribution in [0.2, 0.25) is 0 Å². The van der Waals surface area contributed by atoms with Crippen LogP contribution in [0, 0.1) is 5.82 Å². The minimum Gasteiger partial charge on any atom is -0.492 e. The molecule has 1 aromatic carbocycles. The number of hydrogen-bond acceptors (Lipinski definition) is 4. The molecule has 0 saturated heterocycles. The van der Waals surface area contributed by atoms with E-state index in [1.54, 1.807) is 13.1 Å². The molecule has 0 bridgehead atoms. The Kier molecular flexibility index (Phi) is 4.65. The molecule has 1 N–H and O–H groups in total. The molecule has 0 aliphatic carbocycles. The zero-order chi connectivity index (χ0) is 14.4. The number of pyridine rings is 1. The van der Waals surface area contributed by atoms with E-state index in [1.165, 1.54) is 18.2 Å². The van der Waals surface area contributed by atoms with E-state index in [1.807, 2.05) is 18.2 Å². The summed E-state index contributed by atoms with van der Waals surface area (Å²) in [6.07, 6.45) is 2.33. The van der Waals surface area contributed by atoms with Crippen molar-refractivity contribution in [2.24, 2.45) is 5.16 Å². The van der Waals surface area contributed by atoms with Crippen molar-refractivity contribution in [2.75, 3.05) is 6.61 Å². The van der Waals surface area contributed by atoms with Crippen LogP contribution in [0.25, 0.3) is 0 Å². The third kappa shape index (κ3) is 3.54. The van der Waals surface area contributed by atoms with Gasteiger partial charge in [-0.25, -0.2) is 4.39 Å². The van der Waals surface area contributed by atoms with Gasteiger partial charge in [0.15, 0.2) is 0 Å². The van der Waals surface area contributed by atoms with Gasteiger partial charge in [-0.2, -0.15) is 0 Å². The molecule has 0 unspecified atom stereocenters. The van der Waals surface area contributed by atoms with E-state index < -0.39 is 5.82 Å². The lowest BCUT2D eigenvalue weighted by atomic mass is 10.1. The fraction of sp³-hybridized carbons (Fsp3) is 0.200. The highest BCUT2D eigenvalue weighted by atomic mass is 19.1. The number of ether oxygens (including phenoxy) is 1. The first kappa shape index (κ1) is 14.0. The average Bonchev–Trinajstić information content (AvgIpc) is 2.48. The van der Waals surface area contributed by atoms with Crippen molar-refractivity contribution in [2.45, 2.75) is 13.3 Å². The Morgan fingerprint density at radius 3 is 2.90 bits per heavy atom. The number of benzene rings is 1. The summed E-state index contributed by atoms with van der Waals surface area (Å²) in [5.74, 6) is -0.0384. The summed E-state index contributed by atoms with van der Waals surface area (Å²) < 4.78 is 18.8. The van der Waals surface area contributed by atoms with Crippen molar-refractivity contribution in [3.8, 4) is 5.75 Å². The van der Waals surface area contributed by atoms with Crippen LogP contribution < -0.4 is 4.74 Å². The molecule has 2 rings (SSSR count). The van der Waals surface area contributed by atoms with Crippen LogP contribution in [-0.4, -0.2) is 22.5 Å². The lowest BCUT2D eigenvalue weighted by Gasteiger charge is -2.10. The number of aromatic nitrogens is 1. The lowest BCUT2D eigenvalue weighted by molar-refractivity contribution is 0.312. The molecule has 4 nitrogen and oxygen atoms in total. The van der Waals surface area contributed by atoms with Crippen LogP contribution in [-0.2, 0) is 6.42 Å². The minimum absolute atomic E-state index is 0.358. The third-order valence-electron chi connectivity index (χ3n) is 2.83. The van der Waals surface area contributed by atoms with Gasteiger partial charge in [-0.3, -0.25) is 4.98 Å². The van der Waals surface area contributed by atoms with E-state index in [0.717, 1.165) is 5.69 Å². The van der Waals surface area contributed by atoms with Crippen molar-refractivity contribution in [3.05, 3.63) is 59.7 Å². The molecule has 1 aromatic heterocycles. The van der Waals surface area contributed by atoms with Gasteiger partial charge >= 0.3 is 0 Å². The van der Waals surface area contributed by atoms with Crippen LogP contribution >= 0.6 is 0 Å². The Morgan fingerprint density at radius 2 is 2.20 bits per heavy atom. The average molecular weight is 274 g/mol. The van der Waals surface area contributed by atoms with E-state index in [4.69, 9.17) is 9.94 Å². The molecule has 0 aliphatic rings. The number of halogens is 1. The topological polar surface area (TPSA) is 54.7 Å². The van der Waals surface area contributed by atoms with E-state index in [-0.39, 0.29) is 0 Å². The molecule has 0 fully saturated rings. The van der Waals surface area contributed by atoms with Gasteiger partial charge in [-0.1, -0.05) is 11.2 Å². The van der Waals surface area contributed by atoms with Crippen LogP contribution in [0.4, 0.5) is 4.39 Å². The molecule has 0 atom stereocenters. The second-order valence-electron chi connectivity index (χ2n) is 4.25. The van der Waals surface area contributed by atoms with Crippen molar-refractivity contribution < 1.29 is 14.3 Å². The summed E-state index contributed by atoms with van der Waals surface area (Å²) in [6, 6.07) is 9.75. The van der Waals surface area contributed by atoms with Crippen molar-refractivity contribution in [3.63, 3.8) is 0 Å². The molecular formula is C15H15FN2O2. The van der Waals surface area contributed by atoms with Crippen LogP contribution in [0.1, 0.15) is 18.2 Å². The van der Waals surface area contributed by atoms with Crippen LogP contribution in [0.15, 0.2) is 47.8 Å². The van der Waals surface area contributed by atoms with E-state index >= 15 is 0 Å². The van der Waals surface area contributed by atoms with Gasteiger partial charge in [-0.05, 0) is 31.2 Å². The minimum atomic E-state index is -0.396. The second-order valence-corrected chi connectivity index (χ2v) is 4.25. The number of hydrogen-bond donors (Lipinski definition) is 1. The zero-order valence-corrected chi connectivity index (χ0v) is 11.1. The Balaban J connectivity index is 2.07. The molecule has 104 valence electrons. The van der Waals surface area contributed by atoms with Gasteiger partial charge in [0.1, 0.15) is 11.6 Å². The normalized spacial score (nSPS) is 11.4. The molecule has 0 saturated carbocycles. The monoisotopic (exact) mass is 274 g/mol. The highest BCUT2D eigenvalue weighted by Crippen LogP contribution is 2.21. The molecule has 0 aliphatic heterocycles. The predicted molar refractivity (Wildman–Crippen MR) is 73.8 cm³/mol. The van der Waals surface area contributed by atoms with Gasteiger partial charge in [0, 0.05) is 29.9 Å². The molecule has 20 heavy (non-hydrogen) atoms. The van der Waals surface area contributed by atoms with Gasteiger partial charge in [0.25, 0.3) is 0 Å². The summed E-state index contributed by atoms with van der Waals surface area (Å²) in [5, 5.41) is 11.9. The molecular weight excluding hydrogens is 259 g/mol. The quantitative estimate of drug-likeness (QED) is 0.518. The summed E-state index contributed by atoms with van der Waals surface area (Å²) in [4.78, 5) is 4.18. The summed E-state index contributed by atoms with van der Waals surface area (Å²) in [7, 11) is 0. The zero-order valence-electron chi connectivity index (χ0n) is 11.1. The fourth-order valence-corrected chi connectivity index (χ4v) is 1.78. The highest BCUT2D eigenvalue weighted by Gasteiger charge is 2.09. The molecule has 0 spiro atoms. The molecule has 5 heteroatoms. The number of oxime groups is 1. The van der Waals surface area contributed by atoms with Gasteiger partial charge < -0.3 is 9.94 Å². The van der Waals surface area contributed by atoms with E-state index in [9.17, 15) is 4.39 Å². The highest BCUT2D eigenvalue weighted by molar-refractivity contribution is 6.00. The molecule has 0 radical (unpaired) electrons. The summed E-state index contributed by atoms with van der Waals surface area (Å²) in [6.45, 7) is 1.99. The lowest BCUT2D eigenvalue weighted by Crippen LogP contribution is -2.07. The first-order valence-corrected chi connectivity index (χ1v) is 6.22. The second kappa shape index (κ2) is 6.65. The first-order valence-electron chi connectivity index (χ1n) is 6.22. The Morgan fingerprint density at radius 1 is 1.35 bits per heavy atom. The molecule has 1 heterocycles. The largest absolute Gasteiger partial charge is 0.492 e. The maximum atomic E-state index is 13.3. The number of rotatable bonds is 5. The predicted octanol–water partition coefficient (Wildman–Crippen LogP) is 3.04.